The van der Waals surface area contributed by atoms with Gasteiger partial charge in [-0.15, -0.1) is 22.7 Å². The number of thiophene rings is 1. The molecular weight excluding hydrogens is 481 g/mol. The van der Waals surface area contributed by atoms with Crippen LogP contribution in [0.4, 0.5) is 13.2 Å². The molecule has 0 aliphatic heterocycles. The van der Waals surface area contributed by atoms with Crippen molar-refractivity contribution in [3.63, 3.8) is 0 Å². The van der Waals surface area contributed by atoms with Gasteiger partial charge in [-0.1, -0.05) is 18.2 Å². The predicted octanol–water partition coefficient (Wildman–Crippen LogP) is 5.50. The number of benzene rings is 1. The lowest BCUT2D eigenvalue weighted by Gasteiger charge is -2.23. The SMILES string of the molecule is Cc1nc([C@@H](C)n2cnc3sc4c(c3c2=O)CC[C@H](NCc2cccc(C(F)(F)F)c2)C4)cs1. The molecule has 0 amide bonds. The van der Waals surface area contributed by atoms with Crippen LogP contribution in [-0.2, 0) is 25.6 Å². The summed E-state index contributed by atoms with van der Waals surface area (Å²) in [6.45, 7) is 4.26. The molecule has 4 aromatic rings. The summed E-state index contributed by atoms with van der Waals surface area (Å²) in [6, 6.07) is 5.36. The number of thiazole rings is 1. The Kier molecular flexibility index (Phi) is 6.07. The molecule has 2 atom stereocenters. The molecule has 1 N–H and O–H groups in total. The van der Waals surface area contributed by atoms with Gasteiger partial charge in [-0.25, -0.2) is 9.97 Å². The van der Waals surface area contributed by atoms with Crippen molar-refractivity contribution in [2.45, 2.75) is 57.9 Å². The van der Waals surface area contributed by atoms with E-state index in [-0.39, 0.29) is 17.6 Å². The molecule has 5 rings (SSSR count). The second kappa shape index (κ2) is 8.90. The van der Waals surface area contributed by atoms with Crippen LogP contribution < -0.4 is 10.9 Å². The van der Waals surface area contributed by atoms with E-state index in [1.807, 2.05) is 19.2 Å². The maximum absolute atomic E-state index is 13.4. The van der Waals surface area contributed by atoms with Gasteiger partial charge in [0.2, 0.25) is 0 Å². The van der Waals surface area contributed by atoms with E-state index in [4.69, 9.17) is 0 Å². The second-order valence-electron chi connectivity index (χ2n) is 8.63. The van der Waals surface area contributed by atoms with Crippen molar-refractivity contribution in [3.05, 3.63) is 78.6 Å². The van der Waals surface area contributed by atoms with Gasteiger partial charge >= 0.3 is 6.18 Å². The Balaban J connectivity index is 1.35. The Morgan fingerprint density at radius 2 is 2.15 bits per heavy atom. The van der Waals surface area contributed by atoms with Gasteiger partial charge in [0.25, 0.3) is 5.56 Å². The second-order valence-corrected chi connectivity index (χ2v) is 10.8. The fourth-order valence-corrected chi connectivity index (χ4v) is 6.42. The molecule has 0 saturated heterocycles. The lowest BCUT2D eigenvalue weighted by Crippen LogP contribution is -2.34. The van der Waals surface area contributed by atoms with Gasteiger partial charge in [0.15, 0.2) is 0 Å². The van der Waals surface area contributed by atoms with Crippen LogP contribution in [0.2, 0.25) is 0 Å². The maximum Gasteiger partial charge on any atom is 0.416 e. The Bertz CT molecular complexity index is 1410. The summed E-state index contributed by atoms with van der Waals surface area (Å²) < 4.78 is 40.6. The number of halogens is 3. The fraction of sp³-hybridized carbons (Fsp3) is 0.375. The molecule has 0 unspecified atom stereocenters. The summed E-state index contributed by atoms with van der Waals surface area (Å²) in [6.07, 6.45) is -0.457. The molecule has 3 heterocycles. The lowest BCUT2D eigenvalue weighted by atomic mass is 9.93. The molecule has 1 aliphatic rings. The summed E-state index contributed by atoms with van der Waals surface area (Å²) in [7, 11) is 0. The molecule has 3 aromatic heterocycles. The highest BCUT2D eigenvalue weighted by Gasteiger charge is 2.30. The molecule has 1 aromatic carbocycles. The fourth-order valence-electron chi connectivity index (χ4n) is 4.46. The van der Waals surface area contributed by atoms with E-state index >= 15 is 0 Å². The minimum absolute atomic E-state index is 0.0453. The molecule has 1 aliphatic carbocycles. The van der Waals surface area contributed by atoms with E-state index in [0.29, 0.717) is 17.5 Å². The van der Waals surface area contributed by atoms with Crippen LogP contribution in [-0.4, -0.2) is 20.6 Å². The van der Waals surface area contributed by atoms with Crippen molar-refractivity contribution in [1.29, 1.82) is 0 Å². The Labute approximate surface area is 202 Å². The number of hydrogen-bond donors (Lipinski definition) is 1. The Morgan fingerprint density at radius 3 is 2.88 bits per heavy atom. The summed E-state index contributed by atoms with van der Waals surface area (Å²) in [5.74, 6) is 0. The first-order chi connectivity index (χ1) is 16.2. The van der Waals surface area contributed by atoms with Crippen molar-refractivity contribution < 1.29 is 13.2 Å². The first kappa shape index (κ1) is 23.2. The van der Waals surface area contributed by atoms with Gasteiger partial charge in [-0.05, 0) is 50.3 Å². The number of nitrogens with one attached hydrogen (secondary N) is 1. The van der Waals surface area contributed by atoms with Gasteiger partial charge in [-0.2, -0.15) is 13.2 Å². The van der Waals surface area contributed by atoms with E-state index in [2.05, 4.69) is 15.3 Å². The summed E-state index contributed by atoms with van der Waals surface area (Å²) >= 11 is 3.10. The third-order valence-corrected chi connectivity index (χ3v) is 8.28. The molecule has 34 heavy (non-hydrogen) atoms. The number of hydrogen-bond acceptors (Lipinski definition) is 6. The van der Waals surface area contributed by atoms with E-state index in [0.717, 1.165) is 51.3 Å². The highest BCUT2D eigenvalue weighted by molar-refractivity contribution is 7.18. The molecule has 0 spiro atoms. The zero-order chi connectivity index (χ0) is 24.0. The molecule has 5 nitrogen and oxygen atoms in total. The molecule has 0 fully saturated rings. The minimum Gasteiger partial charge on any atom is -0.310 e. The van der Waals surface area contributed by atoms with Gasteiger partial charge < -0.3 is 5.32 Å². The predicted molar refractivity (Wildman–Crippen MR) is 129 cm³/mol. The van der Waals surface area contributed by atoms with Crippen molar-refractivity contribution >= 4 is 32.9 Å². The third kappa shape index (κ3) is 4.42. The first-order valence-corrected chi connectivity index (χ1v) is 12.7. The molecule has 178 valence electrons. The monoisotopic (exact) mass is 504 g/mol. The van der Waals surface area contributed by atoms with Crippen LogP contribution in [0, 0.1) is 6.92 Å². The van der Waals surface area contributed by atoms with E-state index < -0.39 is 11.7 Å². The van der Waals surface area contributed by atoms with Gasteiger partial charge in [0.1, 0.15) is 4.83 Å². The van der Waals surface area contributed by atoms with Crippen molar-refractivity contribution in [2.24, 2.45) is 0 Å². The van der Waals surface area contributed by atoms with Crippen LogP contribution in [0.15, 0.2) is 40.8 Å². The minimum atomic E-state index is -4.34. The van der Waals surface area contributed by atoms with E-state index in [9.17, 15) is 18.0 Å². The van der Waals surface area contributed by atoms with Gasteiger partial charge in [0, 0.05) is 22.8 Å². The molecule has 10 heteroatoms. The lowest BCUT2D eigenvalue weighted by molar-refractivity contribution is -0.137. The Hall–Kier alpha value is -2.56. The summed E-state index contributed by atoms with van der Waals surface area (Å²) in [4.78, 5) is 24.4. The number of rotatable bonds is 5. The standard InChI is InChI=1S/C24H23F3N4OS2/c1-13(19-11-33-14(2)30-19)31-12-29-22-21(23(31)32)18-7-6-17(9-20(18)34-22)28-10-15-4-3-5-16(8-15)24(25,26)27/h3-5,8,11-13,17,28H,6-7,9-10H2,1-2H3/t13-,17+/m1/s1. The van der Waals surface area contributed by atoms with Crippen LogP contribution >= 0.6 is 22.7 Å². The number of nitrogens with zero attached hydrogens (tertiary/aromatic N) is 3. The highest BCUT2D eigenvalue weighted by atomic mass is 32.1. The van der Waals surface area contributed by atoms with Crippen LogP contribution in [0.3, 0.4) is 0 Å². The third-order valence-electron chi connectivity index (χ3n) is 6.33. The number of aromatic nitrogens is 3. The zero-order valence-electron chi connectivity index (χ0n) is 18.6. The van der Waals surface area contributed by atoms with Gasteiger partial charge in [-0.3, -0.25) is 9.36 Å². The zero-order valence-corrected chi connectivity index (χ0v) is 20.3. The first-order valence-electron chi connectivity index (χ1n) is 11.0. The normalized spacial score (nSPS) is 17.1. The van der Waals surface area contributed by atoms with Crippen molar-refractivity contribution in [1.82, 2.24) is 19.9 Å². The summed E-state index contributed by atoms with van der Waals surface area (Å²) in [5.41, 5.74) is 1.84. The van der Waals surface area contributed by atoms with Crippen LogP contribution in [0.5, 0.6) is 0 Å². The smallest absolute Gasteiger partial charge is 0.310 e. The highest BCUT2D eigenvalue weighted by Crippen LogP contribution is 2.34. The van der Waals surface area contributed by atoms with Gasteiger partial charge in [0.05, 0.1) is 34.0 Å². The quantitative estimate of drug-likeness (QED) is 0.390. The molecule has 0 saturated carbocycles. The molecular formula is C24H23F3N4OS2. The number of fused-ring (bicyclic) bond motifs is 3. The average Bonchev–Trinajstić information content (AvgIpc) is 3.40. The van der Waals surface area contributed by atoms with Crippen LogP contribution in [0.25, 0.3) is 10.2 Å². The van der Waals surface area contributed by atoms with Crippen LogP contribution in [0.1, 0.15) is 51.7 Å². The molecule has 0 radical (unpaired) electrons. The maximum atomic E-state index is 13.4. The average molecular weight is 505 g/mol. The topological polar surface area (TPSA) is 59.8 Å². The number of aryl methyl sites for hydroxylation is 2. The van der Waals surface area contributed by atoms with Crippen molar-refractivity contribution in [3.8, 4) is 0 Å². The number of alkyl halides is 3. The Morgan fingerprint density at radius 1 is 1.32 bits per heavy atom. The molecule has 0 bridgehead atoms. The largest absolute Gasteiger partial charge is 0.416 e. The summed E-state index contributed by atoms with van der Waals surface area (Å²) in [5, 5.41) is 7.02. The van der Waals surface area contributed by atoms with E-state index in [1.54, 1.807) is 28.3 Å². The van der Waals surface area contributed by atoms with E-state index in [1.165, 1.54) is 23.5 Å². The van der Waals surface area contributed by atoms with Crippen molar-refractivity contribution in [2.75, 3.05) is 0 Å².